The third-order valence-electron chi connectivity index (χ3n) is 1.42. The first-order valence-electron chi connectivity index (χ1n) is 3.41. The van der Waals surface area contributed by atoms with E-state index in [4.69, 9.17) is 10.7 Å². The smallest absolute Gasteiger partial charge is 0.240 e. The molecule has 0 atom stereocenters. The molecule has 4 nitrogen and oxygen atoms in total. The van der Waals surface area contributed by atoms with Gasteiger partial charge in [0.25, 0.3) is 0 Å². The molecule has 0 radical (unpaired) electrons. The Kier molecular flexibility index (Phi) is 2.74. The van der Waals surface area contributed by atoms with Gasteiger partial charge in [0.05, 0.1) is 7.05 Å². The molecule has 1 rings (SSSR count). The first kappa shape index (κ1) is 9.54. The fourth-order valence-corrected chi connectivity index (χ4v) is 1.48. The molecule has 0 N–H and O–H groups in total. The van der Waals surface area contributed by atoms with Gasteiger partial charge in [0.1, 0.15) is 24.7 Å². The summed E-state index contributed by atoms with van der Waals surface area (Å²) in [6, 6.07) is 0. The number of aryl methyl sites for hydroxylation is 2. The molecule has 0 bridgehead atoms. The third-order valence-corrected chi connectivity index (χ3v) is 2.55. The zero-order chi connectivity index (χ0) is 9.19. The lowest BCUT2D eigenvalue weighted by atomic mass is 10.7. The summed E-state index contributed by atoms with van der Waals surface area (Å²) in [4.78, 5) is 0. The maximum Gasteiger partial charge on any atom is 0.243 e. The number of imidazole rings is 1. The molecule has 0 fully saturated rings. The maximum absolute atomic E-state index is 10.6. The minimum atomic E-state index is -3.37. The molecule has 0 saturated heterocycles. The van der Waals surface area contributed by atoms with Gasteiger partial charge in [0, 0.05) is 10.7 Å². The molecule has 0 amide bonds. The Morgan fingerprint density at radius 3 is 2.67 bits per heavy atom. The minimum absolute atomic E-state index is 0.0385. The summed E-state index contributed by atoms with van der Waals surface area (Å²) in [6.07, 6.45) is 5.42. The number of halogens is 1. The van der Waals surface area contributed by atoms with Crippen LogP contribution in [0.2, 0.25) is 0 Å². The van der Waals surface area contributed by atoms with Crippen LogP contribution in [0, 0.1) is 0 Å². The molecule has 0 spiro atoms. The Balaban J connectivity index is 2.55. The first-order valence-corrected chi connectivity index (χ1v) is 5.88. The third kappa shape index (κ3) is 3.23. The zero-order valence-electron chi connectivity index (χ0n) is 6.64. The van der Waals surface area contributed by atoms with Crippen LogP contribution in [0.3, 0.4) is 0 Å². The Hall–Kier alpha value is -0.550. The van der Waals surface area contributed by atoms with Crippen LogP contribution in [0.4, 0.5) is 0 Å². The Morgan fingerprint density at radius 2 is 2.25 bits per heavy atom. The molecule has 12 heavy (non-hydrogen) atoms. The van der Waals surface area contributed by atoms with E-state index >= 15 is 0 Å². The second-order valence-corrected chi connectivity index (χ2v) is 5.46. The van der Waals surface area contributed by atoms with E-state index in [1.165, 1.54) is 0 Å². The topological polar surface area (TPSA) is 43.0 Å². The van der Waals surface area contributed by atoms with Crippen LogP contribution in [0.5, 0.6) is 0 Å². The lowest BCUT2D eigenvalue weighted by molar-refractivity contribution is -0.671. The number of nitrogens with zero attached hydrogens (tertiary/aromatic N) is 2. The Morgan fingerprint density at radius 1 is 1.58 bits per heavy atom. The molecule has 6 heteroatoms. The zero-order valence-corrected chi connectivity index (χ0v) is 8.22. The van der Waals surface area contributed by atoms with Crippen molar-refractivity contribution in [3.8, 4) is 0 Å². The van der Waals surface area contributed by atoms with Gasteiger partial charge in [0.2, 0.25) is 15.4 Å². The molecule has 0 aliphatic carbocycles. The van der Waals surface area contributed by atoms with Crippen molar-refractivity contribution >= 4 is 19.7 Å². The van der Waals surface area contributed by atoms with Crippen molar-refractivity contribution in [2.75, 3.05) is 5.75 Å². The number of hydrogen-bond acceptors (Lipinski definition) is 2. The van der Waals surface area contributed by atoms with Gasteiger partial charge in [-0.05, 0) is 0 Å². The fourth-order valence-electron chi connectivity index (χ4n) is 0.848. The van der Waals surface area contributed by atoms with Crippen LogP contribution in [0.15, 0.2) is 18.7 Å². The van der Waals surface area contributed by atoms with E-state index in [2.05, 4.69) is 0 Å². The van der Waals surface area contributed by atoms with Gasteiger partial charge in [-0.2, -0.15) is 0 Å². The molecular weight excluding hydrogens is 200 g/mol. The van der Waals surface area contributed by atoms with Gasteiger partial charge in [-0.25, -0.2) is 17.6 Å². The highest BCUT2D eigenvalue weighted by atomic mass is 35.7. The highest BCUT2D eigenvalue weighted by Gasteiger charge is 2.08. The van der Waals surface area contributed by atoms with Crippen molar-refractivity contribution in [3.05, 3.63) is 18.7 Å². The van der Waals surface area contributed by atoms with Crippen LogP contribution in [0.25, 0.3) is 0 Å². The SMILES string of the molecule is C[n+]1ccn(CCS(=O)(=O)Cl)c1. The summed E-state index contributed by atoms with van der Waals surface area (Å²) in [7, 11) is 3.54. The molecule has 0 aliphatic rings. The summed E-state index contributed by atoms with van der Waals surface area (Å²) in [5.74, 6) is -0.0385. The van der Waals surface area contributed by atoms with Gasteiger partial charge < -0.3 is 0 Å². The van der Waals surface area contributed by atoms with Crippen molar-refractivity contribution in [2.24, 2.45) is 7.05 Å². The van der Waals surface area contributed by atoms with Crippen LogP contribution < -0.4 is 4.57 Å². The number of hydrogen-bond donors (Lipinski definition) is 0. The average Bonchev–Trinajstić information content (AvgIpc) is 2.30. The monoisotopic (exact) mass is 209 g/mol. The molecule has 1 aromatic rings. The van der Waals surface area contributed by atoms with Crippen molar-refractivity contribution < 1.29 is 13.0 Å². The van der Waals surface area contributed by atoms with E-state index in [-0.39, 0.29) is 5.75 Å². The minimum Gasteiger partial charge on any atom is -0.240 e. The lowest BCUT2D eigenvalue weighted by Gasteiger charge is -1.91. The van der Waals surface area contributed by atoms with Crippen LogP contribution in [0.1, 0.15) is 0 Å². The highest BCUT2D eigenvalue weighted by Crippen LogP contribution is 1.97. The van der Waals surface area contributed by atoms with Gasteiger partial charge in [-0.1, -0.05) is 0 Å². The lowest BCUT2D eigenvalue weighted by Crippen LogP contribution is -2.24. The van der Waals surface area contributed by atoms with E-state index in [1.807, 2.05) is 17.8 Å². The predicted molar refractivity (Wildman–Crippen MR) is 45.2 cm³/mol. The van der Waals surface area contributed by atoms with Crippen LogP contribution in [-0.4, -0.2) is 18.7 Å². The van der Waals surface area contributed by atoms with Crippen molar-refractivity contribution in [3.63, 3.8) is 0 Å². The van der Waals surface area contributed by atoms with Gasteiger partial charge in [-0.15, -0.1) is 0 Å². The quantitative estimate of drug-likeness (QED) is 0.515. The molecule has 68 valence electrons. The van der Waals surface area contributed by atoms with Crippen LogP contribution in [-0.2, 0) is 22.6 Å². The largest absolute Gasteiger partial charge is 0.243 e. The molecule has 0 aromatic carbocycles. The van der Waals surface area contributed by atoms with E-state index in [1.54, 1.807) is 17.1 Å². The van der Waals surface area contributed by atoms with E-state index in [0.29, 0.717) is 6.54 Å². The van der Waals surface area contributed by atoms with Gasteiger partial charge in [-0.3, -0.25) is 0 Å². The average molecular weight is 210 g/mol. The van der Waals surface area contributed by atoms with Crippen molar-refractivity contribution in [1.29, 1.82) is 0 Å². The molecule has 0 unspecified atom stereocenters. The fraction of sp³-hybridized carbons (Fsp3) is 0.500. The summed E-state index contributed by atoms with van der Waals surface area (Å²) in [5.41, 5.74) is 0. The van der Waals surface area contributed by atoms with Gasteiger partial charge in [0.15, 0.2) is 0 Å². The molecule has 1 heterocycles. The summed E-state index contributed by atoms with van der Waals surface area (Å²) in [5, 5.41) is 0. The Labute approximate surface area is 75.8 Å². The van der Waals surface area contributed by atoms with Gasteiger partial charge >= 0.3 is 0 Å². The number of aromatic nitrogens is 2. The van der Waals surface area contributed by atoms with Crippen molar-refractivity contribution in [2.45, 2.75) is 6.54 Å². The van der Waals surface area contributed by atoms with Crippen molar-refractivity contribution in [1.82, 2.24) is 4.57 Å². The molecule has 0 aliphatic heterocycles. The first-order chi connectivity index (χ1) is 5.47. The summed E-state index contributed by atoms with van der Waals surface area (Å²) in [6.45, 7) is 0.396. The molecular formula is C6H10ClN2O2S+. The normalized spacial score (nSPS) is 11.8. The number of rotatable bonds is 3. The van der Waals surface area contributed by atoms with Crippen LogP contribution >= 0.6 is 10.7 Å². The second-order valence-electron chi connectivity index (χ2n) is 2.56. The molecule has 0 saturated carbocycles. The van der Waals surface area contributed by atoms with E-state index < -0.39 is 9.05 Å². The summed E-state index contributed by atoms with van der Waals surface area (Å²) < 4.78 is 24.7. The highest BCUT2D eigenvalue weighted by molar-refractivity contribution is 8.13. The maximum atomic E-state index is 10.6. The molecule has 1 aromatic heterocycles. The van der Waals surface area contributed by atoms with E-state index in [9.17, 15) is 8.42 Å². The second kappa shape index (κ2) is 3.45. The standard InChI is InChI=1S/C6H10ClN2O2S/c1-8-2-3-9(6-8)4-5-12(7,10)11/h2-3,6H,4-5H2,1H3/q+1. The predicted octanol–water partition coefficient (Wildman–Crippen LogP) is -0.119. The summed E-state index contributed by atoms with van der Waals surface area (Å²) >= 11 is 0. The van der Waals surface area contributed by atoms with E-state index in [0.717, 1.165) is 0 Å². The Bertz CT molecular complexity index is 357.